The highest BCUT2D eigenvalue weighted by atomic mass is 16.5. The van der Waals surface area contributed by atoms with E-state index < -0.39 is 0 Å². The summed E-state index contributed by atoms with van der Waals surface area (Å²) in [5.74, 6) is 0.272. The number of carbonyl (C=O) groups excluding carboxylic acids is 1. The first-order valence-electron chi connectivity index (χ1n) is 9.07. The van der Waals surface area contributed by atoms with Crippen molar-refractivity contribution < 1.29 is 9.53 Å². The Morgan fingerprint density at radius 3 is 3.00 bits per heavy atom. The van der Waals surface area contributed by atoms with Crippen LogP contribution in [0.3, 0.4) is 0 Å². The minimum Gasteiger partial charge on any atom is -0.375 e. The summed E-state index contributed by atoms with van der Waals surface area (Å²) in [5.41, 5.74) is 2.43. The molecule has 1 amide bonds. The predicted octanol–water partition coefficient (Wildman–Crippen LogP) is 2.61. The van der Waals surface area contributed by atoms with Crippen molar-refractivity contribution in [1.29, 1.82) is 0 Å². The van der Waals surface area contributed by atoms with Gasteiger partial charge >= 0.3 is 0 Å². The molecule has 1 saturated heterocycles. The normalized spacial score (nSPS) is 27.6. The van der Waals surface area contributed by atoms with Crippen LogP contribution in [-0.2, 0) is 16.0 Å². The van der Waals surface area contributed by atoms with Gasteiger partial charge in [-0.15, -0.1) is 0 Å². The van der Waals surface area contributed by atoms with Crippen LogP contribution in [0.15, 0.2) is 24.3 Å². The Bertz CT molecular complexity index is 572. The molecule has 0 spiro atoms. The highest BCUT2D eigenvalue weighted by molar-refractivity contribution is 5.95. The molecule has 1 saturated carbocycles. The minimum absolute atomic E-state index is 0.272. The summed E-state index contributed by atoms with van der Waals surface area (Å²) in [6.45, 7) is 3.52. The Morgan fingerprint density at radius 1 is 1.17 bits per heavy atom. The van der Waals surface area contributed by atoms with E-state index in [1.165, 1.54) is 31.2 Å². The lowest BCUT2D eigenvalue weighted by atomic mass is 9.90. The number of carbonyl (C=O) groups is 1. The van der Waals surface area contributed by atoms with Gasteiger partial charge in [0.25, 0.3) is 0 Å². The maximum atomic E-state index is 12.7. The van der Waals surface area contributed by atoms with E-state index in [2.05, 4.69) is 23.1 Å². The van der Waals surface area contributed by atoms with Crippen molar-refractivity contribution in [3.63, 3.8) is 0 Å². The molecule has 2 fully saturated rings. The summed E-state index contributed by atoms with van der Waals surface area (Å²) in [6, 6.07) is 8.84. The zero-order valence-electron chi connectivity index (χ0n) is 13.7. The first-order valence-corrected chi connectivity index (χ1v) is 9.07. The standard InChI is InChI=1S/C19H26N2O2/c22-19(21-12-9-15-5-1-2-6-16(15)21)10-11-20-13-14-23-18-8-4-3-7-17(18)20/h1-2,5-6,17-18H,3-4,7-14H2/t17-,18-/m0/s1. The average molecular weight is 314 g/mol. The number of rotatable bonds is 3. The van der Waals surface area contributed by atoms with E-state index in [9.17, 15) is 4.79 Å². The summed E-state index contributed by atoms with van der Waals surface area (Å²) in [5, 5.41) is 0. The largest absolute Gasteiger partial charge is 0.375 e. The molecule has 1 aliphatic carbocycles. The van der Waals surface area contributed by atoms with Crippen molar-refractivity contribution in [2.24, 2.45) is 0 Å². The van der Waals surface area contributed by atoms with Gasteiger partial charge in [0.1, 0.15) is 0 Å². The second-order valence-corrected chi connectivity index (χ2v) is 6.97. The summed E-state index contributed by atoms with van der Waals surface area (Å²) in [7, 11) is 0. The van der Waals surface area contributed by atoms with Crippen molar-refractivity contribution in [2.45, 2.75) is 50.7 Å². The van der Waals surface area contributed by atoms with Crippen LogP contribution in [0, 0.1) is 0 Å². The Labute approximate surface area is 138 Å². The molecule has 4 heteroatoms. The molecule has 124 valence electrons. The first kappa shape index (κ1) is 15.2. The molecular formula is C19H26N2O2. The maximum Gasteiger partial charge on any atom is 0.228 e. The van der Waals surface area contributed by atoms with Crippen molar-refractivity contribution in [3.05, 3.63) is 29.8 Å². The van der Waals surface area contributed by atoms with Gasteiger partial charge in [0.2, 0.25) is 5.91 Å². The quantitative estimate of drug-likeness (QED) is 0.860. The third kappa shape index (κ3) is 3.02. The molecule has 2 atom stereocenters. The van der Waals surface area contributed by atoms with Crippen LogP contribution in [0.5, 0.6) is 0 Å². The van der Waals surface area contributed by atoms with Crippen LogP contribution in [0.25, 0.3) is 0 Å². The number of hydrogen-bond acceptors (Lipinski definition) is 3. The molecule has 1 aromatic carbocycles. The molecule has 0 N–H and O–H groups in total. The number of fused-ring (bicyclic) bond motifs is 2. The third-order valence-electron chi connectivity index (χ3n) is 5.65. The Hall–Kier alpha value is -1.39. The fourth-order valence-corrected chi connectivity index (χ4v) is 4.43. The highest BCUT2D eigenvalue weighted by Crippen LogP contribution is 2.30. The molecule has 0 unspecified atom stereocenters. The molecular weight excluding hydrogens is 288 g/mol. The third-order valence-corrected chi connectivity index (χ3v) is 5.65. The average Bonchev–Trinajstić information content (AvgIpc) is 3.04. The Morgan fingerprint density at radius 2 is 2.04 bits per heavy atom. The van der Waals surface area contributed by atoms with Gasteiger partial charge < -0.3 is 9.64 Å². The lowest BCUT2D eigenvalue weighted by Crippen LogP contribution is -2.53. The lowest BCUT2D eigenvalue weighted by Gasteiger charge is -2.43. The molecule has 2 heterocycles. The minimum atomic E-state index is 0.272. The lowest BCUT2D eigenvalue weighted by molar-refractivity contribution is -0.121. The molecule has 4 nitrogen and oxygen atoms in total. The van der Waals surface area contributed by atoms with Gasteiger partial charge in [-0.3, -0.25) is 9.69 Å². The van der Waals surface area contributed by atoms with E-state index in [4.69, 9.17) is 4.74 Å². The van der Waals surface area contributed by atoms with Gasteiger partial charge in [-0.1, -0.05) is 31.0 Å². The van der Waals surface area contributed by atoms with E-state index >= 15 is 0 Å². The van der Waals surface area contributed by atoms with Crippen LogP contribution in [-0.4, -0.2) is 49.2 Å². The topological polar surface area (TPSA) is 32.8 Å². The number of anilines is 1. The van der Waals surface area contributed by atoms with Gasteiger partial charge in [-0.05, 0) is 30.9 Å². The van der Waals surface area contributed by atoms with Crippen LogP contribution >= 0.6 is 0 Å². The fourth-order valence-electron chi connectivity index (χ4n) is 4.43. The van der Waals surface area contributed by atoms with Crippen LogP contribution < -0.4 is 4.90 Å². The van der Waals surface area contributed by atoms with E-state index in [0.717, 1.165) is 38.3 Å². The summed E-state index contributed by atoms with van der Waals surface area (Å²) in [6.07, 6.45) is 7.02. The Kier molecular flexibility index (Phi) is 4.36. The number of hydrogen-bond donors (Lipinski definition) is 0. The first-order chi connectivity index (χ1) is 11.3. The molecule has 0 aromatic heterocycles. The Balaban J connectivity index is 1.36. The van der Waals surface area contributed by atoms with E-state index in [1.807, 2.05) is 11.0 Å². The smallest absolute Gasteiger partial charge is 0.228 e. The van der Waals surface area contributed by atoms with Crippen molar-refractivity contribution in [1.82, 2.24) is 4.90 Å². The fraction of sp³-hybridized carbons (Fsp3) is 0.632. The molecule has 3 aliphatic rings. The highest BCUT2D eigenvalue weighted by Gasteiger charge is 2.34. The van der Waals surface area contributed by atoms with E-state index in [0.29, 0.717) is 18.6 Å². The van der Waals surface area contributed by atoms with Crippen molar-refractivity contribution in [2.75, 3.05) is 31.1 Å². The van der Waals surface area contributed by atoms with Gasteiger partial charge in [-0.25, -0.2) is 0 Å². The number of morpholine rings is 1. The summed E-state index contributed by atoms with van der Waals surface area (Å²) in [4.78, 5) is 17.2. The van der Waals surface area contributed by atoms with Crippen LogP contribution in [0.1, 0.15) is 37.7 Å². The van der Waals surface area contributed by atoms with Crippen LogP contribution in [0.2, 0.25) is 0 Å². The number of amides is 1. The predicted molar refractivity (Wildman–Crippen MR) is 90.7 cm³/mol. The maximum absolute atomic E-state index is 12.7. The second-order valence-electron chi connectivity index (χ2n) is 6.97. The van der Waals surface area contributed by atoms with Gasteiger partial charge in [-0.2, -0.15) is 0 Å². The van der Waals surface area contributed by atoms with Gasteiger partial charge in [0.15, 0.2) is 0 Å². The number of para-hydroxylation sites is 1. The van der Waals surface area contributed by atoms with Crippen molar-refractivity contribution in [3.8, 4) is 0 Å². The monoisotopic (exact) mass is 314 g/mol. The molecule has 0 radical (unpaired) electrons. The zero-order chi connectivity index (χ0) is 15.6. The molecule has 1 aromatic rings. The van der Waals surface area contributed by atoms with E-state index in [-0.39, 0.29) is 5.91 Å². The molecule has 4 rings (SSSR count). The number of benzene rings is 1. The van der Waals surface area contributed by atoms with Crippen LogP contribution in [0.4, 0.5) is 5.69 Å². The summed E-state index contributed by atoms with van der Waals surface area (Å²) >= 11 is 0. The second kappa shape index (κ2) is 6.62. The van der Waals surface area contributed by atoms with E-state index in [1.54, 1.807) is 0 Å². The number of nitrogens with zero attached hydrogens (tertiary/aromatic N) is 2. The SMILES string of the molecule is O=C(CCN1CCO[C@H]2CCCC[C@@H]21)N1CCc2ccccc21. The van der Waals surface area contributed by atoms with Crippen molar-refractivity contribution >= 4 is 11.6 Å². The zero-order valence-corrected chi connectivity index (χ0v) is 13.7. The molecule has 0 bridgehead atoms. The molecule has 2 aliphatic heterocycles. The van der Waals surface area contributed by atoms with Gasteiger partial charge in [0.05, 0.1) is 12.7 Å². The number of ether oxygens (including phenoxy) is 1. The van der Waals surface area contributed by atoms with Gasteiger partial charge in [0, 0.05) is 37.8 Å². The molecule has 23 heavy (non-hydrogen) atoms. The summed E-state index contributed by atoms with van der Waals surface area (Å²) < 4.78 is 5.93.